The van der Waals surface area contributed by atoms with Crippen LogP contribution in [0, 0.1) is 0 Å². The van der Waals surface area contributed by atoms with Gasteiger partial charge < -0.3 is 5.73 Å². The Morgan fingerprint density at radius 1 is 1.00 bits per heavy atom. The number of benzene rings is 1. The van der Waals surface area contributed by atoms with E-state index in [4.69, 9.17) is 5.73 Å². The van der Waals surface area contributed by atoms with E-state index in [1.165, 1.54) is 20.7 Å². The Labute approximate surface area is 119 Å². The molecule has 1 aromatic rings. The first-order chi connectivity index (χ1) is 9.21. The lowest BCUT2D eigenvalue weighted by Crippen LogP contribution is -2.50. The van der Waals surface area contributed by atoms with Crippen LogP contribution in [-0.2, 0) is 20.0 Å². The molecule has 112 valence electrons. The summed E-state index contributed by atoms with van der Waals surface area (Å²) in [6.07, 6.45) is 1.12. The van der Waals surface area contributed by atoms with Crippen molar-refractivity contribution in [3.8, 4) is 0 Å². The lowest BCUT2D eigenvalue weighted by atomic mass is 10.3. The first-order valence-corrected chi connectivity index (χ1v) is 9.31. The average Bonchev–Trinajstić information content (AvgIpc) is 2.38. The fraction of sp³-hybridized carbons (Fsp3) is 0.455. The second-order valence-electron chi connectivity index (χ2n) is 4.64. The molecule has 1 fully saturated rings. The Morgan fingerprint density at radius 3 is 2.05 bits per heavy atom. The highest BCUT2D eigenvalue weighted by Crippen LogP contribution is 2.20. The number of hydrogen-bond acceptors (Lipinski definition) is 5. The molecular formula is C11H17N3O4S2. The highest BCUT2D eigenvalue weighted by atomic mass is 32.2. The van der Waals surface area contributed by atoms with E-state index in [0.717, 1.165) is 6.26 Å². The Balaban J connectivity index is 2.18. The van der Waals surface area contributed by atoms with Crippen LogP contribution in [0.1, 0.15) is 0 Å². The molecule has 0 spiro atoms. The maximum absolute atomic E-state index is 12.4. The van der Waals surface area contributed by atoms with Crippen LogP contribution in [0.4, 0.5) is 5.69 Å². The first kappa shape index (κ1) is 15.2. The molecule has 0 atom stereocenters. The first-order valence-electron chi connectivity index (χ1n) is 6.02. The monoisotopic (exact) mass is 319 g/mol. The zero-order valence-electron chi connectivity index (χ0n) is 11.1. The summed E-state index contributed by atoms with van der Waals surface area (Å²) in [6.45, 7) is 0.620. The molecule has 1 aliphatic heterocycles. The minimum absolute atomic E-state index is 0.130. The molecule has 0 radical (unpaired) electrons. The normalized spacial score (nSPS) is 19.1. The summed E-state index contributed by atoms with van der Waals surface area (Å²) in [6, 6.07) is 6.07. The van der Waals surface area contributed by atoms with E-state index in [0.29, 0.717) is 5.69 Å². The average molecular weight is 319 g/mol. The summed E-state index contributed by atoms with van der Waals surface area (Å²) >= 11 is 0. The molecule has 1 heterocycles. The molecule has 1 aromatic carbocycles. The molecule has 0 unspecified atom stereocenters. The second-order valence-corrected chi connectivity index (χ2v) is 8.56. The van der Waals surface area contributed by atoms with Crippen LogP contribution < -0.4 is 5.73 Å². The van der Waals surface area contributed by atoms with Gasteiger partial charge >= 0.3 is 0 Å². The van der Waals surface area contributed by atoms with E-state index in [9.17, 15) is 16.8 Å². The van der Waals surface area contributed by atoms with Gasteiger partial charge in [0.05, 0.1) is 11.2 Å². The van der Waals surface area contributed by atoms with Crippen LogP contribution in [0.2, 0.25) is 0 Å². The van der Waals surface area contributed by atoms with Crippen LogP contribution >= 0.6 is 0 Å². The molecule has 1 aliphatic rings. The van der Waals surface area contributed by atoms with Crippen molar-refractivity contribution in [2.45, 2.75) is 4.90 Å². The summed E-state index contributed by atoms with van der Waals surface area (Å²) in [5.74, 6) is 0. The third-order valence-electron chi connectivity index (χ3n) is 3.16. The summed E-state index contributed by atoms with van der Waals surface area (Å²) in [5, 5.41) is 0. The SMILES string of the molecule is CS(=O)(=O)N1CCN(S(=O)(=O)c2cccc(N)c2)CC1. The maximum Gasteiger partial charge on any atom is 0.243 e. The Kier molecular flexibility index (Phi) is 4.05. The van der Waals surface area contributed by atoms with Crippen LogP contribution in [0.3, 0.4) is 0 Å². The van der Waals surface area contributed by atoms with E-state index in [1.807, 2.05) is 0 Å². The van der Waals surface area contributed by atoms with E-state index in [2.05, 4.69) is 0 Å². The lowest BCUT2D eigenvalue weighted by Gasteiger charge is -2.32. The molecule has 0 amide bonds. The smallest absolute Gasteiger partial charge is 0.243 e. The Hall–Kier alpha value is -1.16. The number of anilines is 1. The molecule has 7 nitrogen and oxygen atoms in total. The zero-order chi connectivity index (χ0) is 15.0. The van der Waals surface area contributed by atoms with Crippen LogP contribution in [0.25, 0.3) is 0 Å². The van der Waals surface area contributed by atoms with Crippen molar-refractivity contribution in [1.29, 1.82) is 0 Å². The van der Waals surface area contributed by atoms with Gasteiger partial charge in [-0.05, 0) is 18.2 Å². The topological polar surface area (TPSA) is 101 Å². The minimum atomic E-state index is -3.62. The van der Waals surface area contributed by atoms with Gasteiger partial charge in [-0.25, -0.2) is 16.8 Å². The van der Waals surface area contributed by atoms with Crippen LogP contribution in [0.15, 0.2) is 29.2 Å². The molecule has 9 heteroatoms. The van der Waals surface area contributed by atoms with Crippen molar-refractivity contribution in [3.05, 3.63) is 24.3 Å². The van der Waals surface area contributed by atoms with Crippen molar-refractivity contribution in [2.75, 3.05) is 38.2 Å². The summed E-state index contributed by atoms with van der Waals surface area (Å²) in [4.78, 5) is 0.130. The van der Waals surface area contributed by atoms with Gasteiger partial charge in [0.25, 0.3) is 0 Å². The number of nitrogens with two attached hydrogens (primary N) is 1. The highest BCUT2D eigenvalue weighted by molar-refractivity contribution is 7.89. The second kappa shape index (κ2) is 5.32. The van der Waals surface area contributed by atoms with Crippen molar-refractivity contribution in [3.63, 3.8) is 0 Å². The number of rotatable bonds is 3. The summed E-state index contributed by atoms with van der Waals surface area (Å²) in [5.41, 5.74) is 5.97. The number of piperazine rings is 1. The largest absolute Gasteiger partial charge is 0.399 e. The predicted octanol–water partition coefficient (Wildman–Crippen LogP) is -0.465. The van der Waals surface area contributed by atoms with Crippen LogP contribution in [-0.4, -0.2) is 57.9 Å². The number of nitrogens with zero attached hydrogens (tertiary/aromatic N) is 2. The molecule has 20 heavy (non-hydrogen) atoms. The summed E-state index contributed by atoms with van der Waals surface area (Å²) < 4.78 is 50.2. The number of nitrogen functional groups attached to an aromatic ring is 1. The molecule has 2 rings (SSSR count). The highest BCUT2D eigenvalue weighted by Gasteiger charge is 2.31. The number of hydrogen-bond donors (Lipinski definition) is 1. The van der Waals surface area contributed by atoms with Crippen molar-refractivity contribution < 1.29 is 16.8 Å². The van der Waals surface area contributed by atoms with Gasteiger partial charge in [-0.3, -0.25) is 0 Å². The van der Waals surface area contributed by atoms with E-state index < -0.39 is 20.0 Å². The van der Waals surface area contributed by atoms with E-state index >= 15 is 0 Å². The molecule has 0 bridgehead atoms. The standard InChI is InChI=1S/C11H17N3O4S2/c1-19(15,16)13-5-7-14(8-6-13)20(17,18)11-4-2-3-10(12)9-11/h2-4,9H,5-8,12H2,1H3. The predicted molar refractivity (Wildman–Crippen MR) is 76.0 cm³/mol. The van der Waals surface area contributed by atoms with Gasteiger partial charge in [-0.2, -0.15) is 8.61 Å². The van der Waals surface area contributed by atoms with E-state index in [-0.39, 0.29) is 31.1 Å². The number of sulfonamides is 2. The van der Waals surface area contributed by atoms with Gasteiger partial charge in [0, 0.05) is 31.9 Å². The molecule has 2 N–H and O–H groups in total. The third-order valence-corrected chi connectivity index (χ3v) is 6.36. The Morgan fingerprint density at radius 2 is 1.55 bits per heavy atom. The Bertz CT molecular complexity index is 692. The van der Waals surface area contributed by atoms with Gasteiger partial charge in [0.2, 0.25) is 20.0 Å². The van der Waals surface area contributed by atoms with Crippen LogP contribution in [0.5, 0.6) is 0 Å². The molecule has 1 saturated heterocycles. The van der Waals surface area contributed by atoms with Gasteiger partial charge in [0.1, 0.15) is 0 Å². The summed E-state index contributed by atoms with van der Waals surface area (Å²) in [7, 11) is -6.90. The quantitative estimate of drug-likeness (QED) is 0.759. The molecular weight excluding hydrogens is 302 g/mol. The minimum Gasteiger partial charge on any atom is -0.399 e. The van der Waals surface area contributed by atoms with Gasteiger partial charge in [-0.1, -0.05) is 6.07 Å². The maximum atomic E-state index is 12.4. The molecule has 0 saturated carbocycles. The van der Waals surface area contributed by atoms with Gasteiger partial charge in [0.15, 0.2) is 0 Å². The lowest BCUT2D eigenvalue weighted by molar-refractivity contribution is 0.274. The molecule has 0 aliphatic carbocycles. The fourth-order valence-corrected chi connectivity index (χ4v) is 4.37. The van der Waals surface area contributed by atoms with Gasteiger partial charge in [-0.15, -0.1) is 0 Å². The van der Waals surface area contributed by atoms with Crippen molar-refractivity contribution >= 4 is 25.7 Å². The zero-order valence-corrected chi connectivity index (χ0v) is 12.7. The van der Waals surface area contributed by atoms with E-state index in [1.54, 1.807) is 12.1 Å². The third kappa shape index (κ3) is 3.11. The van der Waals surface area contributed by atoms with Crippen molar-refractivity contribution in [2.24, 2.45) is 0 Å². The molecule has 0 aromatic heterocycles. The van der Waals surface area contributed by atoms with Crippen molar-refractivity contribution in [1.82, 2.24) is 8.61 Å². The fourth-order valence-electron chi connectivity index (χ4n) is 2.07.